The van der Waals surface area contributed by atoms with Crippen molar-refractivity contribution in [2.24, 2.45) is 0 Å². The fourth-order valence-corrected chi connectivity index (χ4v) is 16.6. The predicted molar refractivity (Wildman–Crippen MR) is 312 cm³/mol. The van der Waals surface area contributed by atoms with Gasteiger partial charge in [0.2, 0.25) is 0 Å². The Bertz CT molecular complexity index is 3460. The third-order valence-electron chi connectivity index (χ3n) is 15.1. The summed E-state index contributed by atoms with van der Waals surface area (Å²) in [5.74, 6) is 0. The number of hydrogen-bond acceptors (Lipinski definition) is 3. The largest absolute Gasteiger partial charge is 0.311 e. The summed E-state index contributed by atoms with van der Waals surface area (Å²) < 4.78 is 0. The van der Waals surface area contributed by atoms with E-state index in [1.807, 2.05) is 0 Å². The van der Waals surface area contributed by atoms with Crippen LogP contribution in [0.15, 0.2) is 243 Å². The molecule has 0 spiro atoms. The van der Waals surface area contributed by atoms with Gasteiger partial charge in [0.25, 0.3) is 6.71 Å². The van der Waals surface area contributed by atoms with Gasteiger partial charge in [-0.25, -0.2) is 0 Å². The third kappa shape index (κ3) is 7.50. The van der Waals surface area contributed by atoms with Gasteiger partial charge in [-0.05, 0) is 141 Å². The molecule has 0 aromatic heterocycles. The highest BCUT2D eigenvalue weighted by Gasteiger charge is 2.46. The minimum absolute atomic E-state index is 0.0232. The minimum Gasteiger partial charge on any atom is -0.311 e. The van der Waals surface area contributed by atoms with Crippen molar-refractivity contribution < 1.29 is 0 Å². The molecule has 0 unspecified atom stereocenters. The van der Waals surface area contributed by atoms with E-state index in [1.54, 1.807) is 0 Å². The van der Waals surface area contributed by atoms with Gasteiger partial charge in [0.05, 0.1) is 5.69 Å². The van der Waals surface area contributed by atoms with E-state index in [0.717, 1.165) is 22.7 Å². The number of para-hydroxylation sites is 2. The molecule has 2 aliphatic heterocycles. The Morgan fingerprint density at radius 2 is 0.833 bits per heavy atom. The van der Waals surface area contributed by atoms with Crippen molar-refractivity contribution in [2.75, 3.05) is 14.7 Å². The van der Waals surface area contributed by atoms with Gasteiger partial charge < -0.3 is 14.7 Å². The van der Waals surface area contributed by atoms with E-state index < -0.39 is 8.07 Å². The number of hydrogen-bond donors (Lipinski definition) is 0. The van der Waals surface area contributed by atoms with Crippen LogP contribution in [0.5, 0.6) is 0 Å². The lowest BCUT2D eigenvalue weighted by Gasteiger charge is -2.45. The summed E-state index contributed by atoms with van der Waals surface area (Å²) in [4.78, 5) is 7.57. The number of benzene rings is 10. The number of fused-ring (bicyclic) bond motifs is 4. The zero-order valence-corrected chi connectivity index (χ0v) is 43.0. The number of anilines is 9. The standard InChI is InChI=1S/C67H58BN3Si/c1-47-32-36-53(37-33-47)70-62-39-34-48(2)42-59(62)68-60-44-50(67(4,5)6)35-40-63(60)71(65-46-54(45-64(70)66(65)68)69(51-22-12-7-13-23-51)52-24-14-8-15-25-52)61-41-38-58(43-49(61)3)72(55-26-16-9-17-27-55,56-28-18-10-19-29-56)57-30-20-11-21-31-57/h7-46H,1-6H3. The van der Waals surface area contributed by atoms with Gasteiger partial charge >= 0.3 is 0 Å². The first-order chi connectivity index (χ1) is 35.1. The van der Waals surface area contributed by atoms with Crippen LogP contribution in [0.25, 0.3) is 0 Å². The molecule has 3 nitrogen and oxygen atoms in total. The van der Waals surface area contributed by atoms with Gasteiger partial charge in [-0.1, -0.05) is 208 Å². The first-order valence-electron chi connectivity index (χ1n) is 25.4. The van der Waals surface area contributed by atoms with Crippen molar-refractivity contribution in [1.29, 1.82) is 0 Å². The first kappa shape index (κ1) is 45.0. The van der Waals surface area contributed by atoms with Crippen LogP contribution in [-0.2, 0) is 5.41 Å². The summed E-state index contributed by atoms with van der Waals surface area (Å²) in [6, 6.07) is 91.4. The van der Waals surface area contributed by atoms with Crippen LogP contribution in [0.2, 0.25) is 0 Å². The highest BCUT2D eigenvalue weighted by Crippen LogP contribution is 2.49. The van der Waals surface area contributed by atoms with E-state index in [-0.39, 0.29) is 12.1 Å². The molecule has 0 saturated heterocycles. The van der Waals surface area contributed by atoms with Crippen LogP contribution in [-0.4, -0.2) is 14.8 Å². The maximum atomic E-state index is 2.61. The highest BCUT2D eigenvalue weighted by molar-refractivity contribution is 7.20. The molecule has 12 rings (SSSR count). The Morgan fingerprint density at radius 1 is 0.375 bits per heavy atom. The molecule has 0 radical (unpaired) electrons. The van der Waals surface area contributed by atoms with Gasteiger partial charge in [-0.2, -0.15) is 0 Å². The van der Waals surface area contributed by atoms with E-state index in [0.29, 0.717) is 0 Å². The monoisotopic (exact) mass is 943 g/mol. The first-order valence-corrected chi connectivity index (χ1v) is 27.4. The summed E-state index contributed by atoms with van der Waals surface area (Å²) in [7, 11) is -2.82. The average Bonchev–Trinajstić information content (AvgIpc) is 3.41. The van der Waals surface area contributed by atoms with E-state index in [1.165, 1.54) is 87.8 Å². The SMILES string of the molecule is Cc1ccc(N2c3ccc(C)cc3B3c4cc(C(C)(C)C)ccc4N(c4ccc([Si](c5ccccc5)(c5ccccc5)c5ccccc5)cc4C)c4cc(N(c5ccccc5)c5ccccc5)cc2c43)cc1. The molecule has 0 atom stereocenters. The second kappa shape index (κ2) is 17.9. The number of nitrogens with zero attached hydrogens (tertiary/aromatic N) is 3. The lowest BCUT2D eigenvalue weighted by Crippen LogP contribution is -2.74. The summed E-state index contributed by atoms with van der Waals surface area (Å²) in [6.45, 7) is 13.7. The maximum absolute atomic E-state index is 2.82. The Hall–Kier alpha value is -8.12. The summed E-state index contributed by atoms with van der Waals surface area (Å²) >= 11 is 0. The van der Waals surface area contributed by atoms with Crippen molar-refractivity contribution in [3.05, 3.63) is 265 Å². The molecule has 0 bridgehead atoms. The van der Waals surface area contributed by atoms with Crippen molar-refractivity contribution in [3.8, 4) is 0 Å². The molecular weight excluding hydrogens is 886 g/mol. The summed E-state index contributed by atoms with van der Waals surface area (Å²) in [6.07, 6.45) is 0. The number of rotatable bonds is 9. The molecule has 72 heavy (non-hydrogen) atoms. The molecule has 2 aliphatic rings. The fraction of sp³-hybridized carbons (Fsp3) is 0.104. The Labute approximate surface area is 427 Å². The van der Waals surface area contributed by atoms with Gasteiger partial charge in [-0.3, -0.25) is 0 Å². The molecule has 348 valence electrons. The average molecular weight is 944 g/mol. The van der Waals surface area contributed by atoms with Crippen molar-refractivity contribution in [2.45, 2.75) is 47.0 Å². The minimum atomic E-state index is -2.82. The van der Waals surface area contributed by atoms with Crippen molar-refractivity contribution in [3.63, 3.8) is 0 Å². The summed E-state index contributed by atoms with van der Waals surface area (Å²) in [5, 5.41) is 5.45. The topological polar surface area (TPSA) is 9.72 Å². The summed E-state index contributed by atoms with van der Waals surface area (Å²) in [5.41, 5.74) is 19.3. The highest BCUT2D eigenvalue weighted by atomic mass is 28.3. The molecule has 10 aromatic rings. The Balaban J connectivity index is 1.18. The molecule has 5 heteroatoms. The van der Waals surface area contributed by atoms with Gasteiger partial charge in [-0.15, -0.1) is 0 Å². The van der Waals surface area contributed by atoms with E-state index in [9.17, 15) is 0 Å². The Kier molecular flexibility index (Phi) is 11.2. The third-order valence-corrected chi connectivity index (χ3v) is 19.9. The molecule has 0 fully saturated rings. The van der Waals surface area contributed by atoms with E-state index in [2.05, 4.69) is 299 Å². The maximum Gasteiger partial charge on any atom is 0.252 e. The molecule has 0 amide bonds. The molecule has 0 N–H and O–H groups in total. The van der Waals surface area contributed by atoms with Crippen LogP contribution in [0.3, 0.4) is 0 Å². The molecule has 0 saturated carbocycles. The van der Waals surface area contributed by atoms with Crippen molar-refractivity contribution >= 4 is 103 Å². The van der Waals surface area contributed by atoms with Crippen LogP contribution in [0.4, 0.5) is 51.2 Å². The van der Waals surface area contributed by atoms with Gasteiger partial charge in [0.1, 0.15) is 0 Å². The molecule has 0 aliphatic carbocycles. The normalized spacial score (nSPS) is 12.8. The lowest BCUT2D eigenvalue weighted by molar-refractivity contribution is 0.591. The molecular formula is C67H58BN3Si. The van der Waals surface area contributed by atoms with Crippen LogP contribution >= 0.6 is 0 Å². The predicted octanol–water partition coefficient (Wildman–Crippen LogP) is 12.8. The van der Waals surface area contributed by atoms with Crippen LogP contribution in [0.1, 0.15) is 43.0 Å². The van der Waals surface area contributed by atoms with Crippen LogP contribution < -0.4 is 51.8 Å². The fourth-order valence-electron chi connectivity index (χ4n) is 11.7. The molecule has 10 aromatic carbocycles. The Morgan fingerprint density at radius 3 is 1.36 bits per heavy atom. The van der Waals surface area contributed by atoms with Gasteiger partial charge in [0.15, 0.2) is 8.07 Å². The quantitative estimate of drug-likeness (QED) is 0.105. The second-order valence-electron chi connectivity index (χ2n) is 20.8. The van der Waals surface area contributed by atoms with Crippen molar-refractivity contribution in [1.82, 2.24) is 0 Å². The van der Waals surface area contributed by atoms with Gasteiger partial charge in [0, 0.05) is 45.5 Å². The number of aryl methyl sites for hydroxylation is 3. The molecule has 2 heterocycles. The zero-order chi connectivity index (χ0) is 49.1. The van der Waals surface area contributed by atoms with E-state index in [4.69, 9.17) is 0 Å². The second-order valence-corrected chi connectivity index (χ2v) is 24.6. The van der Waals surface area contributed by atoms with Crippen LogP contribution in [0, 0.1) is 20.8 Å². The smallest absolute Gasteiger partial charge is 0.252 e. The zero-order valence-electron chi connectivity index (χ0n) is 42.0. The van der Waals surface area contributed by atoms with E-state index >= 15 is 0 Å². The lowest BCUT2D eigenvalue weighted by atomic mass is 9.33.